The number of benzene rings is 1. The number of nitrogens with zero attached hydrogens (tertiary/aromatic N) is 3. The second kappa shape index (κ2) is 11.5. The zero-order valence-electron chi connectivity index (χ0n) is 13.6. The fourth-order valence-corrected chi connectivity index (χ4v) is 2.24. The third kappa shape index (κ3) is 7.27. The van der Waals surface area contributed by atoms with Gasteiger partial charge in [-0.15, -0.1) is 5.10 Å². The quantitative estimate of drug-likeness (QED) is 0.590. The molecule has 0 saturated heterocycles. The summed E-state index contributed by atoms with van der Waals surface area (Å²) in [5.74, 6) is 0. The van der Waals surface area contributed by atoms with Crippen LogP contribution >= 0.6 is 8.60 Å². The lowest BCUT2D eigenvalue weighted by atomic mass is 10.3. The molecule has 1 aromatic heterocycles. The van der Waals surface area contributed by atoms with Crippen molar-refractivity contribution < 1.29 is 13.9 Å². The highest BCUT2D eigenvalue weighted by Crippen LogP contribution is 2.32. The Bertz CT molecular complexity index is 511. The molecule has 0 unspecified atom stereocenters. The normalized spacial score (nSPS) is 10.8. The number of para-hydroxylation sites is 1. The second-order valence-electron chi connectivity index (χ2n) is 4.81. The zero-order valence-corrected chi connectivity index (χ0v) is 14.5. The Balaban J connectivity index is 0.000000222. The molecule has 0 fully saturated rings. The molecule has 6 nitrogen and oxygen atoms in total. The number of rotatable bonds is 8. The lowest BCUT2D eigenvalue weighted by molar-refractivity contribution is 0.196. The molecule has 124 valence electrons. The van der Waals surface area contributed by atoms with Crippen molar-refractivity contribution in [3.05, 3.63) is 24.3 Å². The Kier molecular flexibility index (Phi) is 9.91. The van der Waals surface area contributed by atoms with Crippen LogP contribution in [0.2, 0.25) is 0 Å². The predicted octanol–water partition coefficient (Wildman–Crippen LogP) is 3.81. The van der Waals surface area contributed by atoms with Gasteiger partial charge in [-0.05, 0) is 25.0 Å². The van der Waals surface area contributed by atoms with Crippen LogP contribution in [0.5, 0.6) is 0 Å². The van der Waals surface area contributed by atoms with Crippen molar-refractivity contribution in [3.8, 4) is 0 Å². The van der Waals surface area contributed by atoms with Gasteiger partial charge in [-0.25, -0.2) is 4.68 Å². The van der Waals surface area contributed by atoms with Crippen LogP contribution < -0.4 is 0 Å². The highest BCUT2D eigenvalue weighted by atomic mass is 31.2. The summed E-state index contributed by atoms with van der Waals surface area (Å²) in [4.78, 5) is 9.12. The molecule has 2 aromatic rings. The van der Waals surface area contributed by atoms with Crippen molar-refractivity contribution in [2.24, 2.45) is 7.05 Å². The van der Waals surface area contributed by atoms with Crippen molar-refractivity contribution >= 4 is 19.6 Å². The van der Waals surface area contributed by atoms with Gasteiger partial charge in [-0.1, -0.05) is 44.0 Å². The summed E-state index contributed by atoms with van der Waals surface area (Å²) in [5, 5.41) is 7.79. The van der Waals surface area contributed by atoms with E-state index in [4.69, 9.17) is 13.9 Å². The zero-order chi connectivity index (χ0) is 16.2. The summed E-state index contributed by atoms with van der Waals surface area (Å²) in [6.07, 6.45) is 4.13. The lowest BCUT2D eigenvalue weighted by Crippen LogP contribution is -1.94. The Labute approximate surface area is 133 Å². The van der Waals surface area contributed by atoms with Crippen molar-refractivity contribution in [2.75, 3.05) is 13.2 Å². The molecule has 1 aromatic carbocycles. The molecule has 7 heteroatoms. The first-order valence-corrected chi connectivity index (χ1v) is 8.81. The van der Waals surface area contributed by atoms with Crippen LogP contribution in [0.4, 0.5) is 0 Å². The number of hydrogen-bond donors (Lipinski definition) is 1. The Morgan fingerprint density at radius 2 is 1.68 bits per heavy atom. The smallest absolute Gasteiger partial charge is 0.328 e. The molecule has 22 heavy (non-hydrogen) atoms. The van der Waals surface area contributed by atoms with Crippen LogP contribution in [0.1, 0.15) is 39.5 Å². The van der Waals surface area contributed by atoms with Crippen LogP contribution in [0.3, 0.4) is 0 Å². The van der Waals surface area contributed by atoms with Crippen LogP contribution in [0.15, 0.2) is 24.3 Å². The second-order valence-corrected chi connectivity index (χ2v) is 5.81. The van der Waals surface area contributed by atoms with Gasteiger partial charge in [0.1, 0.15) is 5.52 Å². The van der Waals surface area contributed by atoms with Gasteiger partial charge in [-0.2, -0.15) is 0 Å². The number of hydrogen-bond acceptors (Lipinski definition) is 5. The first-order chi connectivity index (χ1) is 10.7. The maximum absolute atomic E-state index is 9.12. The summed E-state index contributed by atoms with van der Waals surface area (Å²) in [7, 11) is 0.280. The molecule has 1 N–H and O–H groups in total. The van der Waals surface area contributed by atoms with Gasteiger partial charge in [0.25, 0.3) is 0 Å². The van der Waals surface area contributed by atoms with Crippen LogP contribution in [0.25, 0.3) is 11.0 Å². The molecule has 2 rings (SSSR count). The van der Waals surface area contributed by atoms with Crippen LogP contribution in [0, 0.1) is 0 Å². The number of unbranched alkanes of at least 4 members (excludes halogenated alkanes) is 2. The third-order valence-electron chi connectivity index (χ3n) is 2.92. The highest BCUT2D eigenvalue weighted by molar-refractivity contribution is 7.40. The van der Waals surface area contributed by atoms with Gasteiger partial charge in [-0.3, -0.25) is 0 Å². The minimum atomic E-state index is -1.60. The Morgan fingerprint density at radius 1 is 1.09 bits per heavy atom. The molecule has 1 heterocycles. The third-order valence-corrected chi connectivity index (χ3v) is 3.72. The average Bonchev–Trinajstić information content (AvgIpc) is 2.91. The molecular formula is C15H26N3O3P. The predicted molar refractivity (Wildman–Crippen MR) is 89.4 cm³/mol. The summed E-state index contributed by atoms with van der Waals surface area (Å²) in [6.45, 7) is 5.37. The molecule has 0 radical (unpaired) electrons. The van der Waals surface area contributed by atoms with Gasteiger partial charge in [0.15, 0.2) is 0 Å². The van der Waals surface area contributed by atoms with Gasteiger partial charge < -0.3 is 13.9 Å². The van der Waals surface area contributed by atoms with E-state index in [0.717, 1.165) is 36.7 Å². The van der Waals surface area contributed by atoms with Gasteiger partial charge in [0.05, 0.1) is 18.7 Å². The minimum absolute atomic E-state index is 0.602. The van der Waals surface area contributed by atoms with E-state index in [-0.39, 0.29) is 0 Å². The summed E-state index contributed by atoms with van der Waals surface area (Å²) >= 11 is 0. The van der Waals surface area contributed by atoms with Crippen LogP contribution in [-0.4, -0.2) is 33.1 Å². The van der Waals surface area contributed by atoms with Gasteiger partial charge in [0, 0.05) is 7.05 Å². The fourth-order valence-electron chi connectivity index (χ4n) is 1.60. The molecule has 0 spiro atoms. The first kappa shape index (κ1) is 19.0. The van der Waals surface area contributed by atoms with E-state index in [2.05, 4.69) is 24.2 Å². The minimum Gasteiger partial charge on any atom is -0.328 e. The molecule has 0 amide bonds. The molecular weight excluding hydrogens is 301 g/mol. The summed E-state index contributed by atoms with van der Waals surface area (Å²) in [5.41, 5.74) is 2.02. The maximum Gasteiger partial charge on any atom is 0.329 e. The number of aryl methyl sites for hydroxylation is 1. The van der Waals surface area contributed by atoms with Crippen molar-refractivity contribution in [1.82, 2.24) is 15.0 Å². The standard InChI is InChI=1S/C8H19O3P.C7H7N3/c1-3-5-7-10-12(9)11-8-6-4-2;1-10-7-5-3-2-4-6(7)8-9-10/h9H,3-8H2,1-2H3;2-5H,1H3. The fraction of sp³-hybridized carbons (Fsp3) is 0.600. The van der Waals surface area contributed by atoms with Crippen molar-refractivity contribution in [1.29, 1.82) is 0 Å². The average molecular weight is 327 g/mol. The van der Waals surface area contributed by atoms with E-state index in [1.165, 1.54) is 0 Å². The van der Waals surface area contributed by atoms with Gasteiger partial charge >= 0.3 is 8.60 Å². The lowest BCUT2D eigenvalue weighted by Gasteiger charge is -2.09. The highest BCUT2D eigenvalue weighted by Gasteiger charge is 2.04. The van der Waals surface area contributed by atoms with E-state index in [9.17, 15) is 0 Å². The van der Waals surface area contributed by atoms with Crippen molar-refractivity contribution in [2.45, 2.75) is 39.5 Å². The summed E-state index contributed by atoms with van der Waals surface area (Å²) < 4.78 is 11.8. The van der Waals surface area contributed by atoms with E-state index in [0.29, 0.717) is 13.2 Å². The molecule has 0 aliphatic heterocycles. The largest absolute Gasteiger partial charge is 0.329 e. The SMILES string of the molecule is CCCCOP(O)OCCCC.Cn1nnc2ccccc21. The number of fused-ring (bicyclic) bond motifs is 1. The van der Waals surface area contributed by atoms with E-state index >= 15 is 0 Å². The topological polar surface area (TPSA) is 69.4 Å². The van der Waals surface area contributed by atoms with Gasteiger partial charge in [0.2, 0.25) is 0 Å². The van der Waals surface area contributed by atoms with E-state index < -0.39 is 8.60 Å². The molecule has 0 aliphatic rings. The van der Waals surface area contributed by atoms with E-state index in [1.807, 2.05) is 31.3 Å². The molecule has 0 bridgehead atoms. The summed E-state index contributed by atoms with van der Waals surface area (Å²) in [6, 6.07) is 7.88. The molecule has 0 saturated carbocycles. The Morgan fingerprint density at radius 3 is 2.23 bits per heavy atom. The molecule has 0 atom stereocenters. The first-order valence-electron chi connectivity index (χ1n) is 7.68. The van der Waals surface area contributed by atoms with Crippen molar-refractivity contribution in [3.63, 3.8) is 0 Å². The Hall–Kier alpha value is -1.07. The number of aromatic nitrogens is 3. The van der Waals surface area contributed by atoms with E-state index in [1.54, 1.807) is 4.68 Å². The maximum atomic E-state index is 9.12. The molecule has 0 aliphatic carbocycles. The van der Waals surface area contributed by atoms with Crippen LogP contribution in [-0.2, 0) is 16.1 Å². The monoisotopic (exact) mass is 327 g/mol.